The molecule has 1 N–H and O–H groups in total. The van der Waals surface area contributed by atoms with Crippen LogP contribution >= 0.6 is 11.3 Å². The van der Waals surface area contributed by atoms with Crippen molar-refractivity contribution in [2.45, 2.75) is 12.8 Å². The summed E-state index contributed by atoms with van der Waals surface area (Å²) in [6, 6.07) is 0. The molecule has 1 aliphatic heterocycles. The highest BCUT2D eigenvalue weighted by Crippen LogP contribution is 2.05. The first kappa shape index (κ1) is 9.98. The second kappa shape index (κ2) is 5.53. The van der Waals surface area contributed by atoms with Gasteiger partial charge in [0.2, 0.25) is 0 Å². The van der Waals surface area contributed by atoms with Crippen LogP contribution in [0.1, 0.15) is 12.8 Å². The third-order valence-corrected chi connectivity index (χ3v) is 2.25. The molecule has 0 atom stereocenters. The van der Waals surface area contributed by atoms with E-state index in [0.717, 1.165) is 25.9 Å². The molecule has 1 fully saturated rings. The Morgan fingerprint density at radius 2 is 2.15 bits per heavy atom. The molecule has 5 heteroatoms. The Hall–Kier alpha value is -1.10. The zero-order valence-electron chi connectivity index (χ0n) is 7.22. The number of nitrogens with zero attached hydrogens (tertiary/aromatic N) is 2. The molecule has 2 rings (SSSR count). The SMILES string of the molecule is O=C(O)N1CCCC1.c1cscn1. The van der Waals surface area contributed by atoms with Gasteiger partial charge in [-0.15, -0.1) is 11.3 Å². The molecular weight excluding hydrogens is 188 g/mol. The van der Waals surface area contributed by atoms with Crippen LogP contribution in [0, 0.1) is 0 Å². The number of likely N-dealkylation sites (tertiary alicyclic amines) is 1. The molecular formula is C8H12N2O2S. The van der Waals surface area contributed by atoms with E-state index in [4.69, 9.17) is 5.11 Å². The normalized spacial score (nSPS) is 14.9. The fourth-order valence-corrected chi connectivity index (χ4v) is 1.44. The number of carbonyl (C=O) groups is 1. The van der Waals surface area contributed by atoms with E-state index in [1.165, 1.54) is 4.90 Å². The van der Waals surface area contributed by atoms with Gasteiger partial charge >= 0.3 is 6.09 Å². The third-order valence-electron chi connectivity index (χ3n) is 1.72. The van der Waals surface area contributed by atoms with Crippen molar-refractivity contribution < 1.29 is 9.90 Å². The number of aromatic nitrogens is 1. The van der Waals surface area contributed by atoms with Crippen molar-refractivity contribution >= 4 is 17.4 Å². The quantitative estimate of drug-likeness (QED) is 0.696. The maximum atomic E-state index is 10.1. The number of carboxylic acid groups (broad SMARTS) is 1. The van der Waals surface area contributed by atoms with E-state index in [1.807, 2.05) is 5.38 Å². The van der Waals surface area contributed by atoms with Gasteiger partial charge in [-0.25, -0.2) is 4.79 Å². The van der Waals surface area contributed by atoms with Gasteiger partial charge in [0.25, 0.3) is 0 Å². The summed E-state index contributed by atoms with van der Waals surface area (Å²) in [5.74, 6) is 0. The van der Waals surface area contributed by atoms with Crippen LogP contribution in [0.2, 0.25) is 0 Å². The van der Waals surface area contributed by atoms with Crippen LogP contribution in [-0.2, 0) is 0 Å². The number of hydrogen-bond acceptors (Lipinski definition) is 3. The summed E-state index contributed by atoms with van der Waals surface area (Å²) in [6.07, 6.45) is 3.06. The molecule has 0 bridgehead atoms. The summed E-state index contributed by atoms with van der Waals surface area (Å²) in [6.45, 7) is 1.46. The minimum absolute atomic E-state index is 0.731. The largest absolute Gasteiger partial charge is 0.465 e. The van der Waals surface area contributed by atoms with Gasteiger partial charge in [0, 0.05) is 24.7 Å². The van der Waals surface area contributed by atoms with Gasteiger partial charge in [-0.1, -0.05) is 0 Å². The minimum atomic E-state index is -0.775. The minimum Gasteiger partial charge on any atom is -0.465 e. The van der Waals surface area contributed by atoms with Crippen LogP contribution in [0.5, 0.6) is 0 Å². The third kappa shape index (κ3) is 3.89. The van der Waals surface area contributed by atoms with Crippen LogP contribution in [0.3, 0.4) is 0 Å². The van der Waals surface area contributed by atoms with Gasteiger partial charge < -0.3 is 10.0 Å². The standard InChI is InChI=1S/C5H9NO2.C3H3NS/c7-5(8)6-3-1-2-4-6;1-2-5-3-4-1/h1-4H2,(H,7,8);1-3H. The van der Waals surface area contributed by atoms with E-state index < -0.39 is 6.09 Å². The van der Waals surface area contributed by atoms with E-state index in [1.54, 1.807) is 23.0 Å². The smallest absolute Gasteiger partial charge is 0.407 e. The lowest BCUT2D eigenvalue weighted by molar-refractivity contribution is 0.156. The fourth-order valence-electron chi connectivity index (χ4n) is 1.08. The summed E-state index contributed by atoms with van der Waals surface area (Å²) in [5.41, 5.74) is 1.79. The van der Waals surface area contributed by atoms with Gasteiger partial charge in [0.15, 0.2) is 0 Å². The molecule has 0 aromatic carbocycles. The molecule has 72 valence electrons. The van der Waals surface area contributed by atoms with Crippen molar-refractivity contribution in [1.82, 2.24) is 9.88 Å². The fraction of sp³-hybridized carbons (Fsp3) is 0.500. The lowest BCUT2D eigenvalue weighted by atomic mass is 10.4. The van der Waals surface area contributed by atoms with Crippen LogP contribution in [0.25, 0.3) is 0 Å². The second-order valence-electron chi connectivity index (χ2n) is 2.65. The molecule has 1 amide bonds. The van der Waals surface area contributed by atoms with Gasteiger partial charge in [-0.2, -0.15) is 0 Å². The van der Waals surface area contributed by atoms with Crippen molar-refractivity contribution in [2.75, 3.05) is 13.1 Å². The Morgan fingerprint density at radius 1 is 1.46 bits per heavy atom. The Morgan fingerprint density at radius 3 is 2.38 bits per heavy atom. The molecule has 2 heterocycles. The highest BCUT2D eigenvalue weighted by molar-refractivity contribution is 7.07. The highest BCUT2D eigenvalue weighted by atomic mass is 32.1. The molecule has 1 saturated heterocycles. The maximum absolute atomic E-state index is 10.1. The van der Waals surface area contributed by atoms with Gasteiger partial charge in [-0.3, -0.25) is 4.98 Å². The molecule has 0 radical (unpaired) electrons. The lowest BCUT2D eigenvalue weighted by Gasteiger charge is -2.07. The van der Waals surface area contributed by atoms with Crippen molar-refractivity contribution in [3.8, 4) is 0 Å². The Bertz CT molecular complexity index is 215. The summed E-state index contributed by atoms with van der Waals surface area (Å²) in [4.78, 5) is 15.3. The monoisotopic (exact) mass is 200 g/mol. The van der Waals surface area contributed by atoms with Gasteiger partial charge in [0.1, 0.15) is 0 Å². The van der Waals surface area contributed by atoms with Crippen molar-refractivity contribution in [1.29, 1.82) is 0 Å². The van der Waals surface area contributed by atoms with E-state index in [2.05, 4.69) is 4.98 Å². The van der Waals surface area contributed by atoms with Crippen molar-refractivity contribution in [3.05, 3.63) is 17.1 Å². The van der Waals surface area contributed by atoms with Crippen LogP contribution < -0.4 is 0 Å². The zero-order chi connectivity index (χ0) is 9.52. The first-order valence-corrected chi connectivity index (χ1v) is 5.05. The first-order valence-electron chi connectivity index (χ1n) is 4.10. The topological polar surface area (TPSA) is 53.4 Å². The predicted octanol–water partition coefficient (Wildman–Crippen LogP) is 1.90. The molecule has 0 unspecified atom stereocenters. The number of rotatable bonds is 0. The second-order valence-corrected chi connectivity index (χ2v) is 3.41. The number of hydrogen-bond donors (Lipinski definition) is 1. The predicted molar refractivity (Wildman–Crippen MR) is 50.9 cm³/mol. The number of thiazole rings is 1. The lowest BCUT2D eigenvalue weighted by Crippen LogP contribution is -2.25. The van der Waals surface area contributed by atoms with Crippen LogP contribution in [0.4, 0.5) is 4.79 Å². The van der Waals surface area contributed by atoms with Crippen molar-refractivity contribution in [3.63, 3.8) is 0 Å². The average Bonchev–Trinajstić information content (AvgIpc) is 2.82. The van der Waals surface area contributed by atoms with E-state index in [0.29, 0.717) is 0 Å². The molecule has 1 aliphatic rings. The van der Waals surface area contributed by atoms with Gasteiger partial charge in [-0.05, 0) is 12.8 Å². The molecule has 0 aliphatic carbocycles. The molecule has 1 aromatic rings. The van der Waals surface area contributed by atoms with Crippen LogP contribution in [-0.4, -0.2) is 34.2 Å². The zero-order valence-corrected chi connectivity index (χ0v) is 8.04. The maximum Gasteiger partial charge on any atom is 0.407 e. The Balaban J connectivity index is 0.000000145. The Labute approximate surface area is 80.8 Å². The average molecular weight is 200 g/mol. The summed E-state index contributed by atoms with van der Waals surface area (Å²) < 4.78 is 0. The Kier molecular flexibility index (Phi) is 4.25. The van der Waals surface area contributed by atoms with E-state index in [-0.39, 0.29) is 0 Å². The summed E-state index contributed by atoms with van der Waals surface area (Å²) >= 11 is 1.60. The van der Waals surface area contributed by atoms with Gasteiger partial charge in [0.05, 0.1) is 5.51 Å². The number of amides is 1. The molecule has 4 nitrogen and oxygen atoms in total. The summed E-state index contributed by atoms with van der Waals surface area (Å²) in [7, 11) is 0. The van der Waals surface area contributed by atoms with E-state index in [9.17, 15) is 4.79 Å². The molecule has 0 saturated carbocycles. The van der Waals surface area contributed by atoms with Crippen LogP contribution in [0.15, 0.2) is 17.1 Å². The summed E-state index contributed by atoms with van der Waals surface area (Å²) in [5, 5.41) is 10.3. The molecule has 13 heavy (non-hydrogen) atoms. The van der Waals surface area contributed by atoms with E-state index >= 15 is 0 Å². The molecule has 1 aromatic heterocycles. The molecule has 0 spiro atoms. The first-order chi connectivity index (χ1) is 6.30. The highest BCUT2D eigenvalue weighted by Gasteiger charge is 2.15. The van der Waals surface area contributed by atoms with Crippen molar-refractivity contribution in [2.24, 2.45) is 0 Å².